The van der Waals surface area contributed by atoms with E-state index in [2.05, 4.69) is 10.6 Å². The molecule has 4 N–H and O–H groups in total. The molecule has 3 rings (SSSR count). The number of ether oxygens (including phenoxy) is 3. The molecule has 3 aromatic rings. The summed E-state index contributed by atoms with van der Waals surface area (Å²) in [6, 6.07) is 26.0. The molecule has 0 fully saturated rings. The van der Waals surface area contributed by atoms with Crippen molar-refractivity contribution in [2.24, 2.45) is 5.73 Å². The highest BCUT2D eigenvalue weighted by molar-refractivity contribution is 5.84. The number of aryl methyl sites for hydroxylation is 2. The maximum atomic E-state index is 13.3. The van der Waals surface area contributed by atoms with E-state index in [-0.39, 0.29) is 26.3 Å². The Morgan fingerprint density at radius 2 is 1.20 bits per heavy atom. The summed E-state index contributed by atoms with van der Waals surface area (Å²) in [5.41, 5.74) is 9.10. The number of nitrogens with one attached hydrogen (secondary N) is 2. The highest BCUT2D eigenvalue weighted by Gasteiger charge is 2.29. The second kappa shape index (κ2) is 20.3. The van der Waals surface area contributed by atoms with Gasteiger partial charge < -0.3 is 30.6 Å². The van der Waals surface area contributed by atoms with Crippen molar-refractivity contribution in [1.82, 2.24) is 15.5 Å². The minimum absolute atomic E-state index is 0.0493. The fourth-order valence-corrected chi connectivity index (χ4v) is 4.98. The van der Waals surface area contributed by atoms with E-state index in [1.54, 1.807) is 20.8 Å². The quantitative estimate of drug-likeness (QED) is 0.106. The molecule has 0 aliphatic carbocycles. The highest BCUT2D eigenvalue weighted by atomic mass is 16.6. The molecule has 0 unspecified atom stereocenters. The zero-order valence-corrected chi connectivity index (χ0v) is 28.8. The van der Waals surface area contributed by atoms with Crippen molar-refractivity contribution in [3.63, 3.8) is 0 Å². The van der Waals surface area contributed by atoms with Crippen molar-refractivity contribution < 1.29 is 33.4 Å². The third kappa shape index (κ3) is 15.6. The molecule has 264 valence electrons. The molecule has 0 bridgehead atoms. The van der Waals surface area contributed by atoms with Crippen molar-refractivity contribution in [2.45, 2.75) is 84.2 Å². The summed E-state index contributed by atoms with van der Waals surface area (Å²) in [5.74, 6) is -0.633. The maximum absolute atomic E-state index is 13.3. The first-order chi connectivity index (χ1) is 23.5. The number of benzene rings is 3. The Kier molecular flexibility index (Phi) is 15.9. The predicted octanol–water partition coefficient (Wildman–Crippen LogP) is 6.28. The number of hydrogen-bond donors (Lipinski definition) is 3. The Balaban J connectivity index is 1.47. The molecule has 49 heavy (non-hydrogen) atoms. The Morgan fingerprint density at radius 1 is 0.673 bits per heavy atom. The van der Waals surface area contributed by atoms with Crippen LogP contribution in [0.3, 0.4) is 0 Å². The molecule has 1 atom stereocenters. The van der Waals surface area contributed by atoms with Gasteiger partial charge in [0.2, 0.25) is 5.91 Å². The molecule has 4 amide bonds. The summed E-state index contributed by atoms with van der Waals surface area (Å²) in [5, 5.41) is 5.47. The van der Waals surface area contributed by atoms with E-state index in [9.17, 15) is 19.2 Å². The summed E-state index contributed by atoms with van der Waals surface area (Å²) in [6.07, 6.45) is 2.10. The first-order valence-electron chi connectivity index (χ1n) is 16.8. The SMILES string of the molecule is CC(C)(C)OC(=O)NCCCN(C(=O)OCc1ccccc1)[C@@H](CCc1ccc(CCCCNC(=O)OCc2ccccc2)cc1)C(N)=O. The molecule has 11 nitrogen and oxygen atoms in total. The lowest BCUT2D eigenvalue weighted by molar-refractivity contribution is -0.123. The largest absolute Gasteiger partial charge is 0.445 e. The van der Waals surface area contributed by atoms with E-state index in [0.717, 1.165) is 41.5 Å². The van der Waals surface area contributed by atoms with Gasteiger partial charge in [-0.15, -0.1) is 0 Å². The Bertz CT molecular complexity index is 1440. The summed E-state index contributed by atoms with van der Waals surface area (Å²) in [4.78, 5) is 51.3. The summed E-state index contributed by atoms with van der Waals surface area (Å²) in [7, 11) is 0. The van der Waals surface area contributed by atoms with Crippen molar-refractivity contribution in [1.29, 1.82) is 0 Å². The van der Waals surface area contributed by atoms with Crippen LogP contribution in [-0.4, -0.2) is 60.4 Å². The fraction of sp³-hybridized carbons (Fsp3) is 0.421. The van der Waals surface area contributed by atoms with Crippen molar-refractivity contribution in [3.05, 3.63) is 107 Å². The van der Waals surface area contributed by atoms with Gasteiger partial charge in [0, 0.05) is 19.6 Å². The van der Waals surface area contributed by atoms with Crippen LogP contribution in [0.5, 0.6) is 0 Å². The average molecular weight is 675 g/mol. The minimum atomic E-state index is -0.906. The molecule has 11 heteroatoms. The van der Waals surface area contributed by atoms with Crippen LogP contribution in [0.2, 0.25) is 0 Å². The number of rotatable bonds is 18. The van der Waals surface area contributed by atoms with Crippen LogP contribution >= 0.6 is 0 Å². The number of unbranched alkanes of at least 4 members (excludes halogenated alkanes) is 1. The molecule has 0 heterocycles. The van der Waals surface area contributed by atoms with E-state index >= 15 is 0 Å². The van der Waals surface area contributed by atoms with Gasteiger partial charge in [-0.3, -0.25) is 9.69 Å². The van der Waals surface area contributed by atoms with E-state index in [1.165, 1.54) is 4.90 Å². The molecule has 0 aliphatic rings. The first kappa shape index (κ1) is 38.4. The van der Waals surface area contributed by atoms with Crippen LogP contribution in [0.4, 0.5) is 14.4 Å². The van der Waals surface area contributed by atoms with Crippen LogP contribution < -0.4 is 16.4 Å². The summed E-state index contributed by atoms with van der Waals surface area (Å²) >= 11 is 0. The van der Waals surface area contributed by atoms with Gasteiger partial charge in [-0.25, -0.2) is 14.4 Å². The number of carbonyl (C=O) groups excluding carboxylic acids is 4. The number of hydrogen-bond acceptors (Lipinski definition) is 7. The number of alkyl carbamates (subject to hydrolysis) is 2. The van der Waals surface area contributed by atoms with Gasteiger partial charge in [0.1, 0.15) is 24.9 Å². The van der Waals surface area contributed by atoms with Crippen molar-refractivity contribution in [3.8, 4) is 0 Å². The van der Waals surface area contributed by atoms with Crippen LogP contribution in [0.1, 0.15) is 68.7 Å². The Labute approximate surface area is 289 Å². The molecule has 0 saturated heterocycles. The first-order valence-corrected chi connectivity index (χ1v) is 16.8. The van der Waals surface area contributed by atoms with Gasteiger partial charge >= 0.3 is 18.3 Å². The molecule has 0 aromatic heterocycles. The lowest BCUT2D eigenvalue weighted by Crippen LogP contribution is -2.49. The molecular formula is C38H50N4O7. The minimum Gasteiger partial charge on any atom is -0.445 e. The van der Waals surface area contributed by atoms with E-state index < -0.39 is 35.8 Å². The van der Waals surface area contributed by atoms with Crippen molar-refractivity contribution in [2.75, 3.05) is 19.6 Å². The van der Waals surface area contributed by atoms with Gasteiger partial charge in [-0.05, 0) is 81.5 Å². The topological polar surface area (TPSA) is 149 Å². The van der Waals surface area contributed by atoms with Gasteiger partial charge in [0.25, 0.3) is 0 Å². The fourth-order valence-electron chi connectivity index (χ4n) is 4.98. The van der Waals surface area contributed by atoms with E-state index in [4.69, 9.17) is 19.9 Å². The smallest absolute Gasteiger partial charge is 0.410 e. The third-order valence-corrected chi connectivity index (χ3v) is 7.49. The second-order valence-corrected chi connectivity index (χ2v) is 12.7. The molecule has 0 spiro atoms. The third-order valence-electron chi connectivity index (χ3n) is 7.49. The lowest BCUT2D eigenvalue weighted by Gasteiger charge is -2.29. The van der Waals surface area contributed by atoms with Gasteiger partial charge in [-0.1, -0.05) is 84.9 Å². The van der Waals surface area contributed by atoms with Crippen LogP contribution in [-0.2, 0) is 45.1 Å². The second-order valence-electron chi connectivity index (χ2n) is 12.7. The van der Waals surface area contributed by atoms with E-state index in [0.29, 0.717) is 25.8 Å². The maximum Gasteiger partial charge on any atom is 0.410 e. The average Bonchev–Trinajstić information content (AvgIpc) is 3.07. The molecule has 0 aliphatic heterocycles. The predicted molar refractivity (Wildman–Crippen MR) is 187 cm³/mol. The number of carbonyl (C=O) groups is 4. The van der Waals surface area contributed by atoms with Crippen molar-refractivity contribution >= 4 is 24.2 Å². The number of amides is 4. The standard InChI is InChI=1S/C38H50N4O7/c1-38(2,3)49-36(45)41-25-12-26-42(37(46)48-28-32-16-8-5-9-17-32)33(34(39)43)23-22-30-20-18-29(19-21-30)13-10-11-24-40-35(44)47-27-31-14-6-4-7-15-31/h4-9,14-21,33H,10-13,22-28H2,1-3H3,(H2,39,43)(H,40,44)(H,41,45)/t33-/m0/s1. The van der Waals surface area contributed by atoms with Gasteiger partial charge in [-0.2, -0.15) is 0 Å². The van der Waals surface area contributed by atoms with Gasteiger partial charge in [0.15, 0.2) is 0 Å². The molecule has 3 aromatic carbocycles. The molecule has 0 radical (unpaired) electrons. The van der Waals surface area contributed by atoms with Crippen LogP contribution in [0.15, 0.2) is 84.9 Å². The Morgan fingerprint density at radius 3 is 1.78 bits per heavy atom. The monoisotopic (exact) mass is 674 g/mol. The Hall–Kier alpha value is -5.06. The summed E-state index contributed by atoms with van der Waals surface area (Å²) in [6.45, 7) is 6.53. The number of nitrogens with zero attached hydrogens (tertiary/aromatic N) is 1. The van der Waals surface area contributed by atoms with Crippen LogP contribution in [0.25, 0.3) is 0 Å². The van der Waals surface area contributed by atoms with Gasteiger partial charge in [0.05, 0.1) is 0 Å². The van der Waals surface area contributed by atoms with E-state index in [1.807, 2.05) is 84.9 Å². The van der Waals surface area contributed by atoms with Crippen LogP contribution in [0, 0.1) is 0 Å². The zero-order chi connectivity index (χ0) is 35.5. The molecular weight excluding hydrogens is 624 g/mol. The lowest BCUT2D eigenvalue weighted by atomic mass is 10.0. The number of nitrogens with two attached hydrogens (primary N) is 1. The highest BCUT2D eigenvalue weighted by Crippen LogP contribution is 2.16. The summed E-state index contributed by atoms with van der Waals surface area (Å²) < 4.78 is 16.1. The zero-order valence-electron chi connectivity index (χ0n) is 28.8. The molecule has 0 saturated carbocycles. The number of primary amides is 1. The normalized spacial score (nSPS) is 11.6.